The lowest BCUT2D eigenvalue weighted by Crippen LogP contribution is -2.32. The third-order valence-electron chi connectivity index (χ3n) is 3.93. The van der Waals surface area contributed by atoms with Gasteiger partial charge in [0, 0.05) is 0 Å². The van der Waals surface area contributed by atoms with Crippen molar-refractivity contribution < 1.29 is 22.7 Å². The summed E-state index contributed by atoms with van der Waals surface area (Å²) in [5.41, 5.74) is 4.72. The Morgan fingerprint density at radius 2 is 1.80 bits per heavy atom. The van der Waals surface area contributed by atoms with Crippen molar-refractivity contribution in [2.45, 2.75) is 44.0 Å². The van der Waals surface area contributed by atoms with Crippen LogP contribution in [0.3, 0.4) is 0 Å². The molecule has 6 heteroatoms. The fourth-order valence-electron chi connectivity index (χ4n) is 2.76. The van der Waals surface area contributed by atoms with Gasteiger partial charge in [-0.3, -0.25) is 0 Å². The number of rotatable bonds is 3. The second-order valence-corrected chi connectivity index (χ2v) is 5.30. The summed E-state index contributed by atoms with van der Waals surface area (Å²) < 4.78 is 50.9. The molecule has 1 aromatic carbocycles. The molecule has 1 saturated carbocycles. The normalized spacial score (nSPS) is 20.1. The van der Waals surface area contributed by atoms with Crippen LogP contribution >= 0.6 is 0 Å². The maximum atomic E-state index is 13.5. The highest BCUT2D eigenvalue weighted by atomic mass is 19.4. The second-order valence-electron chi connectivity index (χ2n) is 5.30. The van der Waals surface area contributed by atoms with Gasteiger partial charge in [-0.2, -0.15) is 13.2 Å². The number of alkyl halides is 3. The average molecular weight is 291 g/mol. The van der Waals surface area contributed by atoms with Crippen molar-refractivity contribution >= 4 is 0 Å². The van der Waals surface area contributed by atoms with Crippen LogP contribution in [0, 0.1) is 11.7 Å². The number of benzene rings is 1. The molecule has 0 saturated heterocycles. The zero-order chi connectivity index (χ0) is 14.9. The van der Waals surface area contributed by atoms with E-state index in [2.05, 4.69) is 0 Å². The van der Waals surface area contributed by atoms with Crippen LogP contribution in [0.5, 0.6) is 0 Å². The van der Waals surface area contributed by atoms with Crippen molar-refractivity contribution in [3.63, 3.8) is 0 Å². The topological polar surface area (TPSA) is 46.2 Å². The number of hydrogen-bond acceptors (Lipinski definition) is 2. The monoisotopic (exact) mass is 291 g/mol. The van der Waals surface area contributed by atoms with E-state index >= 15 is 0 Å². The van der Waals surface area contributed by atoms with E-state index in [0.29, 0.717) is 6.07 Å². The molecule has 0 heterocycles. The fourth-order valence-corrected chi connectivity index (χ4v) is 2.76. The van der Waals surface area contributed by atoms with Crippen LogP contribution in [0.1, 0.15) is 42.9 Å². The SMILES string of the molecule is N[C@H](c1ccc(C(F)(F)F)c(F)c1)[C@@H](O)C1CCCC1. The van der Waals surface area contributed by atoms with Gasteiger partial charge in [-0.15, -0.1) is 0 Å². The molecule has 112 valence electrons. The van der Waals surface area contributed by atoms with E-state index in [4.69, 9.17) is 5.73 Å². The Morgan fingerprint density at radius 3 is 2.30 bits per heavy atom. The number of aliphatic hydroxyl groups excluding tert-OH is 1. The van der Waals surface area contributed by atoms with Gasteiger partial charge in [0.25, 0.3) is 0 Å². The van der Waals surface area contributed by atoms with Crippen molar-refractivity contribution in [2.24, 2.45) is 11.7 Å². The molecule has 20 heavy (non-hydrogen) atoms. The molecule has 0 radical (unpaired) electrons. The quantitative estimate of drug-likeness (QED) is 0.838. The highest BCUT2D eigenvalue weighted by Crippen LogP contribution is 2.35. The van der Waals surface area contributed by atoms with Crippen molar-refractivity contribution in [3.05, 3.63) is 35.1 Å². The van der Waals surface area contributed by atoms with Gasteiger partial charge in [-0.1, -0.05) is 18.9 Å². The molecule has 0 aromatic heterocycles. The Balaban J connectivity index is 2.18. The Kier molecular flexibility index (Phi) is 4.34. The third kappa shape index (κ3) is 3.12. The van der Waals surface area contributed by atoms with Crippen LogP contribution in [-0.4, -0.2) is 11.2 Å². The van der Waals surface area contributed by atoms with E-state index in [1.165, 1.54) is 0 Å². The van der Waals surface area contributed by atoms with Crippen LogP contribution in [0.25, 0.3) is 0 Å². The van der Waals surface area contributed by atoms with Gasteiger partial charge in [0.15, 0.2) is 0 Å². The molecule has 0 aliphatic heterocycles. The van der Waals surface area contributed by atoms with Gasteiger partial charge < -0.3 is 10.8 Å². The number of aliphatic hydroxyl groups is 1. The van der Waals surface area contributed by atoms with E-state index in [9.17, 15) is 22.7 Å². The van der Waals surface area contributed by atoms with Crippen LogP contribution < -0.4 is 5.73 Å². The van der Waals surface area contributed by atoms with Crippen molar-refractivity contribution in [2.75, 3.05) is 0 Å². The summed E-state index contributed by atoms with van der Waals surface area (Å²) in [6, 6.07) is 1.71. The van der Waals surface area contributed by atoms with E-state index in [-0.39, 0.29) is 11.5 Å². The van der Waals surface area contributed by atoms with Crippen molar-refractivity contribution in [3.8, 4) is 0 Å². The lowest BCUT2D eigenvalue weighted by molar-refractivity contribution is -0.140. The molecular formula is C14H17F4NO. The average Bonchev–Trinajstić information content (AvgIpc) is 2.89. The first kappa shape index (κ1) is 15.3. The minimum absolute atomic E-state index is 0.0374. The zero-order valence-electron chi connectivity index (χ0n) is 10.8. The first-order valence-electron chi connectivity index (χ1n) is 6.61. The maximum absolute atomic E-state index is 13.5. The summed E-state index contributed by atoms with van der Waals surface area (Å²) >= 11 is 0. The Morgan fingerprint density at radius 1 is 1.20 bits per heavy atom. The first-order valence-corrected chi connectivity index (χ1v) is 6.61. The number of nitrogens with two attached hydrogens (primary N) is 1. The molecule has 0 amide bonds. The summed E-state index contributed by atoms with van der Waals surface area (Å²) in [6.07, 6.45) is -1.87. The fraction of sp³-hybridized carbons (Fsp3) is 0.571. The predicted molar refractivity (Wildman–Crippen MR) is 66.3 cm³/mol. The maximum Gasteiger partial charge on any atom is 0.419 e. The highest BCUT2D eigenvalue weighted by molar-refractivity contribution is 5.29. The zero-order valence-corrected chi connectivity index (χ0v) is 10.8. The Labute approximate surface area is 114 Å². The summed E-state index contributed by atoms with van der Waals surface area (Å²) in [6.45, 7) is 0. The van der Waals surface area contributed by atoms with Crippen LogP contribution in [0.2, 0.25) is 0 Å². The lowest BCUT2D eigenvalue weighted by Gasteiger charge is -2.25. The molecule has 1 aliphatic carbocycles. The molecule has 1 aromatic rings. The van der Waals surface area contributed by atoms with Crippen molar-refractivity contribution in [1.29, 1.82) is 0 Å². The summed E-state index contributed by atoms with van der Waals surface area (Å²) in [7, 11) is 0. The van der Waals surface area contributed by atoms with Gasteiger partial charge in [0.1, 0.15) is 5.82 Å². The van der Waals surface area contributed by atoms with E-state index < -0.39 is 29.7 Å². The van der Waals surface area contributed by atoms with Crippen LogP contribution in [-0.2, 0) is 6.18 Å². The molecule has 3 N–H and O–H groups in total. The van der Waals surface area contributed by atoms with Gasteiger partial charge in [-0.05, 0) is 36.5 Å². The van der Waals surface area contributed by atoms with Gasteiger partial charge in [0.2, 0.25) is 0 Å². The lowest BCUT2D eigenvalue weighted by atomic mass is 9.90. The van der Waals surface area contributed by atoms with Crippen LogP contribution in [0.15, 0.2) is 18.2 Å². The summed E-state index contributed by atoms with van der Waals surface area (Å²) in [5.74, 6) is -1.32. The Bertz CT molecular complexity index is 469. The summed E-state index contributed by atoms with van der Waals surface area (Å²) in [4.78, 5) is 0. The van der Waals surface area contributed by atoms with E-state index in [0.717, 1.165) is 37.8 Å². The smallest absolute Gasteiger partial charge is 0.391 e. The minimum Gasteiger partial charge on any atom is -0.391 e. The first-order chi connectivity index (χ1) is 9.30. The molecule has 0 unspecified atom stereocenters. The van der Waals surface area contributed by atoms with E-state index in [1.807, 2.05) is 0 Å². The molecular weight excluding hydrogens is 274 g/mol. The standard InChI is InChI=1S/C14H17F4NO/c15-11-7-9(5-6-10(11)14(16,17)18)12(19)13(20)8-3-1-2-4-8/h5-8,12-13,20H,1-4,19H2/t12-,13+/m1/s1. The highest BCUT2D eigenvalue weighted by Gasteiger charge is 2.35. The molecule has 2 atom stereocenters. The molecule has 1 aliphatic rings. The van der Waals surface area contributed by atoms with Gasteiger partial charge in [0.05, 0.1) is 17.7 Å². The summed E-state index contributed by atoms with van der Waals surface area (Å²) in [5, 5.41) is 10.1. The van der Waals surface area contributed by atoms with E-state index in [1.54, 1.807) is 0 Å². The Hall–Kier alpha value is -1.14. The van der Waals surface area contributed by atoms with Gasteiger partial charge in [-0.25, -0.2) is 4.39 Å². The molecule has 2 nitrogen and oxygen atoms in total. The van der Waals surface area contributed by atoms with Gasteiger partial charge >= 0.3 is 6.18 Å². The largest absolute Gasteiger partial charge is 0.419 e. The number of hydrogen-bond donors (Lipinski definition) is 2. The number of halogens is 4. The van der Waals surface area contributed by atoms with Crippen LogP contribution in [0.4, 0.5) is 17.6 Å². The minimum atomic E-state index is -4.73. The molecule has 0 spiro atoms. The molecule has 2 rings (SSSR count). The second kappa shape index (κ2) is 5.69. The predicted octanol–water partition coefficient (Wildman–Crippen LogP) is 3.40. The third-order valence-corrected chi connectivity index (χ3v) is 3.93. The van der Waals surface area contributed by atoms with Crippen molar-refractivity contribution in [1.82, 2.24) is 0 Å². The molecule has 1 fully saturated rings. The molecule has 0 bridgehead atoms.